The molecule has 4 unspecified atom stereocenters. The molecule has 0 bridgehead atoms. The Morgan fingerprint density at radius 2 is 2.05 bits per heavy atom. The molecular weight excluding hydrogens is 251 g/mol. The molecule has 1 aliphatic heterocycles. The SMILES string of the molecule is CC(N)Cc1ccc(N2CC(C)CC(C)C2C)c(F)c1. The van der Waals surface area contributed by atoms with Crippen LogP contribution in [0.2, 0.25) is 0 Å². The van der Waals surface area contributed by atoms with Crippen LogP contribution in [-0.4, -0.2) is 18.6 Å². The molecule has 20 heavy (non-hydrogen) atoms. The van der Waals surface area contributed by atoms with Gasteiger partial charge in [-0.3, -0.25) is 0 Å². The minimum Gasteiger partial charge on any atom is -0.366 e. The third-order valence-corrected chi connectivity index (χ3v) is 4.48. The number of nitrogens with two attached hydrogens (primary N) is 1. The molecule has 0 saturated carbocycles. The summed E-state index contributed by atoms with van der Waals surface area (Å²) in [5.41, 5.74) is 7.50. The standard InChI is InChI=1S/C17H27FN2/c1-11-7-12(2)14(4)20(10-11)17-6-5-15(8-13(3)19)9-16(17)18/h5-6,9,11-14H,7-8,10,19H2,1-4H3. The first-order chi connectivity index (χ1) is 9.38. The molecule has 2 rings (SSSR count). The van der Waals surface area contributed by atoms with Crippen LogP contribution in [0.4, 0.5) is 10.1 Å². The minimum absolute atomic E-state index is 0.0641. The molecule has 2 N–H and O–H groups in total. The Labute approximate surface area is 122 Å². The topological polar surface area (TPSA) is 29.3 Å². The van der Waals surface area contributed by atoms with E-state index in [0.29, 0.717) is 17.9 Å². The molecule has 0 radical (unpaired) electrons. The molecule has 1 aromatic carbocycles. The lowest BCUT2D eigenvalue weighted by Crippen LogP contribution is -2.46. The number of hydrogen-bond acceptors (Lipinski definition) is 2. The third kappa shape index (κ3) is 3.32. The predicted molar refractivity (Wildman–Crippen MR) is 83.5 cm³/mol. The number of rotatable bonds is 3. The second kappa shape index (κ2) is 6.13. The molecule has 3 heteroatoms. The largest absolute Gasteiger partial charge is 0.366 e. The molecule has 2 nitrogen and oxygen atoms in total. The highest BCUT2D eigenvalue weighted by molar-refractivity contribution is 5.50. The Hall–Kier alpha value is -1.09. The van der Waals surface area contributed by atoms with Crippen LogP contribution in [0.25, 0.3) is 0 Å². The highest BCUT2D eigenvalue weighted by atomic mass is 19.1. The quantitative estimate of drug-likeness (QED) is 0.915. The van der Waals surface area contributed by atoms with Crippen LogP contribution in [0.1, 0.15) is 39.7 Å². The van der Waals surface area contributed by atoms with Crippen molar-refractivity contribution in [3.63, 3.8) is 0 Å². The van der Waals surface area contributed by atoms with Gasteiger partial charge in [0.25, 0.3) is 0 Å². The first kappa shape index (κ1) is 15.3. The number of hydrogen-bond donors (Lipinski definition) is 1. The molecule has 0 spiro atoms. The van der Waals surface area contributed by atoms with Crippen LogP contribution in [0.5, 0.6) is 0 Å². The average Bonchev–Trinajstić information content (AvgIpc) is 2.33. The van der Waals surface area contributed by atoms with Crippen LogP contribution in [0.15, 0.2) is 18.2 Å². The maximum Gasteiger partial charge on any atom is 0.146 e. The fourth-order valence-corrected chi connectivity index (χ4v) is 3.32. The van der Waals surface area contributed by atoms with Gasteiger partial charge in [0, 0.05) is 18.6 Å². The molecule has 1 fully saturated rings. The summed E-state index contributed by atoms with van der Waals surface area (Å²) < 4.78 is 14.4. The van der Waals surface area contributed by atoms with Gasteiger partial charge >= 0.3 is 0 Å². The maximum absolute atomic E-state index is 14.4. The number of nitrogens with zero attached hydrogens (tertiary/aromatic N) is 1. The van der Waals surface area contributed by atoms with Crippen LogP contribution in [-0.2, 0) is 6.42 Å². The summed E-state index contributed by atoms with van der Waals surface area (Å²) in [5.74, 6) is 1.10. The second-order valence-electron chi connectivity index (χ2n) is 6.68. The van der Waals surface area contributed by atoms with Crippen molar-refractivity contribution in [1.82, 2.24) is 0 Å². The summed E-state index contributed by atoms with van der Waals surface area (Å²) >= 11 is 0. The monoisotopic (exact) mass is 278 g/mol. The summed E-state index contributed by atoms with van der Waals surface area (Å²) in [6.45, 7) is 9.59. The van der Waals surface area contributed by atoms with Gasteiger partial charge in [0.2, 0.25) is 0 Å². The van der Waals surface area contributed by atoms with Crippen molar-refractivity contribution in [2.24, 2.45) is 17.6 Å². The van der Waals surface area contributed by atoms with Gasteiger partial charge in [-0.05, 0) is 56.2 Å². The molecule has 1 saturated heterocycles. The molecule has 1 aromatic rings. The normalized spacial score (nSPS) is 28.5. The van der Waals surface area contributed by atoms with E-state index in [-0.39, 0.29) is 11.9 Å². The zero-order valence-electron chi connectivity index (χ0n) is 13.1. The van der Waals surface area contributed by atoms with E-state index >= 15 is 0 Å². The Bertz CT molecular complexity index is 458. The molecule has 0 aromatic heterocycles. The van der Waals surface area contributed by atoms with E-state index < -0.39 is 0 Å². The van der Waals surface area contributed by atoms with Crippen molar-refractivity contribution in [3.05, 3.63) is 29.6 Å². The Morgan fingerprint density at radius 1 is 1.35 bits per heavy atom. The van der Waals surface area contributed by atoms with Crippen LogP contribution in [0.3, 0.4) is 0 Å². The summed E-state index contributed by atoms with van der Waals surface area (Å²) in [5, 5.41) is 0. The zero-order chi connectivity index (χ0) is 14.9. The third-order valence-electron chi connectivity index (χ3n) is 4.48. The predicted octanol–water partition coefficient (Wildman–Crippen LogP) is 3.59. The Morgan fingerprint density at radius 3 is 2.65 bits per heavy atom. The number of halogens is 1. The highest BCUT2D eigenvalue weighted by Crippen LogP contribution is 2.33. The van der Waals surface area contributed by atoms with E-state index in [9.17, 15) is 4.39 Å². The lowest BCUT2D eigenvalue weighted by atomic mass is 9.85. The van der Waals surface area contributed by atoms with E-state index in [4.69, 9.17) is 5.73 Å². The number of benzene rings is 1. The van der Waals surface area contributed by atoms with Crippen molar-refractivity contribution in [2.45, 2.75) is 52.6 Å². The Balaban J connectivity index is 2.23. The van der Waals surface area contributed by atoms with Crippen LogP contribution in [0, 0.1) is 17.7 Å². The lowest BCUT2D eigenvalue weighted by Gasteiger charge is -2.42. The number of anilines is 1. The molecule has 4 atom stereocenters. The molecule has 1 aliphatic rings. The van der Waals surface area contributed by atoms with E-state index in [1.54, 1.807) is 6.07 Å². The minimum atomic E-state index is -0.115. The van der Waals surface area contributed by atoms with Gasteiger partial charge in [-0.15, -0.1) is 0 Å². The zero-order valence-corrected chi connectivity index (χ0v) is 13.1. The second-order valence-corrected chi connectivity index (χ2v) is 6.68. The van der Waals surface area contributed by atoms with Crippen molar-refractivity contribution in [1.29, 1.82) is 0 Å². The summed E-state index contributed by atoms with van der Waals surface area (Å²) in [4.78, 5) is 2.23. The van der Waals surface area contributed by atoms with Crippen LogP contribution < -0.4 is 10.6 Å². The average molecular weight is 278 g/mol. The van der Waals surface area contributed by atoms with Gasteiger partial charge in [-0.25, -0.2) is 4.39 Å². The van der Waals surface area contributed by atoms with E-state index in [1.807, 2.05) is 19.1 Å². The first-order valence-electron chi connectivity index (χ1n) is 7.69. The highest BCUT2D eigenvalue weighted by Gasteiger charge is 2.30. The molecule has 112 valence electrons. The van der Waals surface area contributed by atoms with E-state index in [0.717, 1.165) is 24.2 Å². The van der Waals surface area contributed by atoms with Crippen molar-refractivity contribution in [2.75, 3.05) is 11.4 Å². The van der Waals surface area contributed by atoms with Gasteiger partial charge in [-0.1, -0.05) is 19.9 Å². The summed E-state index contributed by atoms with van der Waals surface area (Å²) in [6.07, 6.45) is 1.95. The lowest BCUT2D eigenvalue weighted by molar-refractivity contribution is 0.295. The van der Waals surface area contributed by atoms with Gasteiger partial charge < -0.3 is 10.6 Å². The van der Waals surface area contributed by atoms with E-state index in [1.165, 1.54) is 6.42 Å². The number of piperidine rings is 1. The van der Waals surface area contributed by atoms with Gasteiger partial charge in [0.15, 0.2) is 0 Å². The Kier molecular flexibility index (Phi) is 4.69. The summed E-state index contributed by atoms with van der Waals surface area (Å²) in [6, 6.07) is 6.04. The fourth-order valence-electron chi connectivity index (χ4n) is 3.32. The summed E-state index contributed by atoms with van der Waals surface area (Å²) in [7, 11) is 0. The van der Waals surface area contributed by atoms with Crippen molar-refractivity contribution in [3.8, 4) is 0 Å². The van der Waals surface area contributed by atoms with Gasteiger partial charge in [0.1, 0.15) is 5.82 Å². The molecule has 0 aliphatic carbocycles. The molecule has 1 heterocycles. The molecular formula is C17H27FN2. The molecule has 0 amide bonds. The first-order valence-corrected chi connectivity index (χ1v) is 7.69. The fraction of sp³-hybridized carbons (Fsp3) is 0.647. The van der Waals surface area contributed by atoms with Gasteiger partial charge in [-0.2, -0.15) is 0 Å². The van der Waals surface area contributed by atoms with E-state index in [2.05, 4.69) is 25.7 Å². The maximum atomic E-state index is 14.4. The van der Waals surface area contributed by atoms with Gasteiger partial charge in [0.05, 0.1) is 5.69 Å². The van der Waals surface area contributed by atoms with Crippen LogP contribution >= 0.6 is 0 Å². The van der Waals surface area contributed by atoms with Crippen molar-refractivity contribution >= 4 is 5.69 Å². The smallest absolute Gasteiger partial charge is 0.146 e. The van der Waals surface area contributed by atoms with Crippen molar-refractivity contribution < 1.29 is 4.39 Å².